The Morgan fingerprint density at radius 1 is 0.906 bits per heavy atom. The first kappa shape index (κ1) is 21.9. The molecule has 2 aromatic rings. The number of rotatable bonds is 5. The lowest BCUT2D eigenvalue weighted by molar-refractivity contribution is -0.306. The van der Waals surface area contributed by atoms with Gasteiger partial charge in [0, 0.05) is 6.92 Å². The monoisotopic (exact) mass is 441 g/mol. The second kappa shape index (κ2) is 9.90. The maximum Gasteiger partial charge on any atom is 0.340 e. The van der Waals surface area contributed by atoms with Crippen LogP contribution in [-0.2, 0) is 28.5 Å². The fourth-order valence-corrected chi connectivity index (χ4v) is 3.67. The minimum atomic E-state index is -1.23. The van der Waals surface area contributed by atoms with E-state index < -0.39 is 48.5 Å². The number of benzene rings is 2. The summed E-state index contributed by atoms with van der Waals surface area (Å²) in [6.07, 6.45) is -3.61. The van der Waals surface area contributed by atoms with Gasteiger partial charge >= 0.3 is 11.9 Å². The summed E-state index contributed by atoms with van der Waals surface area (Å²) < 4.78 is 28.2. The predicted molar refractivity (Wildman–Crippen MR) is 109 cm³/mol. The third-order valence-electron chi connectivity index (χ3n) is 5.13. The molecular weight excluding hydrogens is 418 g/mol. The first-order valence-electron chi connectivity index (χ1n) is 10.2. The van der Waals surface area contributed by atoms with Crippen LogP contribution in [0.15, 0.2) is 60.7 Å². The highest BCUT2D eigenvalue weighted by atomic mass is 16.7. The van der Waals surface area contributed by atoms with Gasteiger partial charge in [0.1, 0.15) is 25.0 Å². The second-order valence-electron chi connectivity index (χ2n) is 7.40. The molecule has 32 heavy (non-hydrogen) atoms. The van der Waals surface area contributed by atoms with Gasteiger partial charge in [0.05, 0.1) is 17.7 Å². The molecule has 0 aliphatic carbocycles. The van der Waals surface area contributed by atoms with E-state index in [0.717, 1.165) is 0 Å². The number of amides is 1. The molecule has 4 rings (SSSR count). The Hall–Kier alpha value is -3.27. The fourth-order valence-electron chi connectivity index (χ4n) is 3.67. The summed E-state index contributed by atoms with van der Waals surface area (Å²) in [5.41, 5.74) is 0.649. The van der Waals surface area contributed by atoms with Crippen LogP contribution >= 0.6 is 0 Å². The van der Waals surface area contributed by atoms with Crippen molar-refractivity contribution in [2.75, 3.05) is 13.4 Å². The molecule has 2 aromatic carbocycles. The fraction of sp³-hybridized carbons (Fsp3) is 0.348. The summed E-state index contributed by atoms with van der Waals surface area (Å²) in [6.45, 7) is 1.44. The average molecular weight is 441 g/mol. The van der Waals surface area contributed by atoms with Gasteiger partial charge in [-0.15, -0.1) is 0 Å². The third kappa shape index (κ3) is 4.96. The molecule has 5 atom stereocenters. The Morgan fingerprint density at radius 3 is 2.09 bits per heavy atom. The van der Waals surface area contributed by atoms with Crippen molar-refractivity contribution < 1.29 is 38.1 Å². The smallest absolute Gasteiger partial charge is 0.340 e. The largest absolute Gasteiger partial charge is 0.453 e. The highest BCUT2D eigenvalue weighted by Crippen LogP contribution is 2.30. The molecule has 2 aliphatic rings. The first-order valence-corrected chi connectivity index (χ1v) is 10.2. The normalized spacial score (nSPS) is 27.0. The molecule has 2 aliphatic heterocycles. The van der Waals surface area contributed by atoms with Crippen LogP contribution in [0.1, 0.15) is 27.6 Å². The molecule has 0 radical (unpaired) electrons. The van der Waals surface area contributed by atoms with Crippen molar-refractivity contribution in [3.63, 3.8) is 0 Å². The molecule has 168 valence electrons. The highest BCUT2D eigenvalue weighted by molar-refractivity contribution is 5.90. The number of hydrogen-bond acceptors (Lipinski definition) is 8. The summed E-state index contributed by atoms with van der Waals surface area (Å²) >= 11 is 0. The SMILES string of the molecule is CC(=O)NC1C(OC(=O)c2ccccc2)OC2COCOC2C1OC(=O)c1ccccc1. The second-order valence-corrected chi connectivity index (χ2v) is 7.40. The number of carbonyl (C=O) groups excluding carboxylic acids is 3. The number of nitrogens with one attached hydrogen (secondary N) is 1. The minimum absolute atomic E-state index is 0.0226. The van der Waals surface area contributed by atoms with E-state index in [1.807, 2.05) is 0 Å². The van der Waals surface area contributed by atoms with Crippen LogP contribution < -0.4 is 5.32 Å². The molecule has 9 nitrogen and oxygen atoms in total. The van der Waals surface area contributed by atoms with Gasteiger partial charge in [-0.1, -0.05) is 36.4 Å². The van der Waals surface area contributed by atoms with Crippen molar-refractivity contribution in [3.8, 4) is 0 Å². The number of fused-ring (bicyclic) bond motifs is 1. The minimum Gasteiger partial charge on any atom is -0.453 e. The van der Waals surface area contributed by atoms with Gasteiger partial charge in [-0.3, -0.25) is 4.79 Å². The van der Waals surface area contributed by atoms with Crippen LogP contribution in [0, 0.1) is 0 Å². The van der Waals surface area contributed by atoms with E-state index in [1.54, 1.807) is 60.7 Å². The van der Waals surface area contributed by atoms with Crippen LogP contribution in [-0.4, -0.2) is 61.9 Å². The van der Waals surface area contributed by atoms with Gasteiger partial charge in [0.25, 0.3) is 0 Å². The quantitative estimate of drug-likeness (QED) is 0.698. The van der Waals surface area contributed by atoms with Crippen LogP contribution in [0.2, 0.25) is 0 Å². The molecule has 0 saturated carbocycles. The first-order chi connectivity index (χ1) is 15.5. The zero-order chi connectivity index (χ0) is 22.5. The van der Waals surface area contributed by atoms with Gasteiger partial charge < -0.3 is 29.0 Å². The van der Waals surface area contributed by atoms with Gasteiger partial charge in [0.15, 0.2) is 6.10 Å². The van der Waals surface area contributed by atoms with Crippen molar-refractivity contribution in [2.24, 2.45) is 0 Å². The molecule has 2 heterocycles. The third-order valence-corrected chi connectivity index (χ3v) is 5.13. The van der Waals surface area contributed by atoms with Gasteiger partial charge in [-0.2, -0.15) is 0 Å². The van der Waals surface area contributed by atoms with Crippen LogP contribution in [0.4, 0.5) is 0 Å². The zero-order valence-electron chi connectivity index (χ0n) is 17.3. The lowest BCUT2D eigenvalue weighted by Crippen LogP contribution is -2.67. The lowest BCUT2D eigenvalue weighted by atomic mass is 9.95. The highest BCUT2D eigenvalue weighted by Gasteiger charge is 2.52. The molecule has 5 unspecified atom stereocenters. The molecular formula is C23H23NO8. The summed E-state index contributed by atoms with van der Waals surface area (Å²) in [4.78, 5) is 37.4. The molecule has 2 fully saturated rings. The van der Waals surface area contributed by atoms with E-state index in [-0.39, 0.29) is 13.4 Å². The Kier molecular flexibility index (Phi) is 6.79. The van der Waals surface area contributed by atoms with Crippen LogP contribution in [0.5, 0.6) is 0 Å². The van der Waals surface area contributed by atoms with Crippen molar-refractivity contribution in [1.29, 1.82) is 0 Å². The number of carbonyl (C=O) groups is 3. The molecule has 2 saturated heterocycles. The van der Waals surface area contributed by atoms with E-state index in [9.17, 15) is 14.4 Å². The summed E-state index contributed by atoms with van der Waals surface area (Å²) in [7, 11) is 0. The Morgan fingerprint density at radius 2 is 1.50 bits per heavy atom. The Labute approximate surface area is 184 Å². The van der Waals surface area contributed by atoms with E-state index in [4.69, 9.17) is 23.7 Å². The topological polar surface area (TPSA) is 109 Å². The Balaban J connectivity index is 1.61. The zero-order valence-corrected chi connectivity index (χ0v) is 17.3. The number of esters is 2. The summed E-state index contributed by atoms with van der Waals surface area (Å²) in [5, 5.41) is 2.69. The van der Waals surface area contributed by atoms with Crippen LogP contribution in [0.3, 0.4) is 0 Å². The lowest BCUT2D eigenvalue weighted by Gasteiger charge is -2.46. The molecule has 9 heteroatoms. The van der Waals surface area contributed by atoms with Gasteiger partial charge in [0.2, 0.25) is 12.2 Å². The maximum absolute atomic E-state index is 12.8. The van der Waals surface area contributed by atoms with E-state index >= 15 is 0 Å². The summed E-state index contributed by atoms with van der Waals surface area (Å²) in [6, 6.07) is 15.8. The van der Waals surface area contributed by atoms with E-state index in [1.165, 1.54) is 6.92 Å². The number of ether oxygens (including phenoxy) is 5. The molecule has 1 amide bonds. The van der Waals surface area contributed by atoms with Gasteiger partial charge in [-0.05, 0) is 24.3 Å². The van der Waals surface area contributed by atoms with E-state index in [0.29, 0.717) is 11.1 Å². The van der Waals surface area contributed by atoms with Gasteiger partial charge in [-0.25, -0.2) is 9.59 Å². The van der Waals surface area contributed by atoms with Crippen molar-refractivity contribution in [1.82, 2.24) is 5.32 Å². The maximum atomic E-state index is 12.8. The molecule has 0 bridgehead atoms. The molecule has 0 aromatic heterocycles. The Bertz CT molecular complexity index is 951. The van der Waals surface area contributed by atoms with Crippen molar-refractivity contribution in [2.45, 2.75) is 37.6 Å². The standard InChI is InChI=1S/C23H23NO8/c1-14(25)24-18-20(31-21(26)15-8-4-2-5-9-15)19-17(12-28-13-29-19)30-23(18)32-22(27)16-10-6-3-7-11-16/h2-11,17-20,23H,12-13H2,1H3,(H,24,25). The summed E-state index contributed by atoms with van der Waals surface area (Å²) in [5.74, 6) is -1.66. The molecule has 1 N–H and O–H groups in total. The predicted octanol–water partition coefficient (Wildman–Crippen LogP) is 1.67. The molecule has 0 spiro atoms. The van der Waals surface area contributed by atoms with Crippen molar-refractivity contribution in [3.05, 3.63) is 71.8 Å². The van der Waals surface area contributed by atoms with Crippen molar-refractivity contribution >= 4 is 17.8 Å². The average Bonchev–Trinajstić information content (AvgIpc) is 2.82. The van der Waals surface area contributed by atoms with Crippen LogP contribution in [0.25, 0.3) is 0 Å². The van der Waals surface area contributed by atoms with E-state index in [2.05, 4.69) is 5.32 Å². The number of hydrogen-bond donors (Lipinski definition) is 1.